The normalized spacial score (nSPS) is 14.1. The van der Waals surface area contributed by atoms with Gasteiger partial charge in [-0.25, -0.2) is 4.57 Å². The van der Waals surface area contributed by atoms with E-state index in [9.17, 15) is 23.8 Å². The van der Waals surface area contributed by atoms with E-state index in [2.05, 4.69) is 56.4 Å². The van der Waals surface area contributed by atoms with Crippen LogP contribution in [0.5, 0.6) is 0 Å². The number of unbranched alkanes of at least 4 members (excludes halogenated alkanes) is 12. The molecular formula is C44H77NO9P+. The van der Waals surface area contributed by atoms with Crippen molar-refractivity contribution in [3.05, 3.63) is 60.8 Å². The lowest BCUT2D eigenvalue weighted by Gasteiger charge is -2.24. The number of carbonyl (C=O) groups is 3. The van der Waals surface area contributed by atoms with Crippen molar-refractivity contribution in [2.45, 2.75) is 155 Å². The number of esters is 2. The van der Waals surface area contributed by atoms with Gasteiger partial charge in [-0.2, -0.15) is 0 Å². The van der Waals surface area contributed by atoms with E-state index in [4.69, 9.17) is 18.5 Å². The summed E-state index contributed by atoms with van der Waals surface area (Å²) in [6.45, 7) is 4.13. The number of allylic oxidation sites excluding steroid dienone is 10. The molecule has 0 saturated carbocycles. The molecule has 2 atom stereocenters. The predicted molar refractivity (Wildman–Crippen MR) is 224 cm³/mol. The summed E-state index contributed by atoms with van der Waals surface area (Å²) in [5, 5.41) is 0. The summed E-state index contributed by atoms with van der Waals surface area (Å²) in [7, 11) is 1.37. The van der Waals surface area contributed by atoms with E-state index in [1.165, 1.54) is 38.5 Å². The van der Waals surface area contributed by atoms with Gasteiger partial charge >= 0.3 is 19.8 Å². The molecule has 1 N–H and O–H groups in total. The monoisotopic (exact) mass is 795 g/mol. The second kappa shape index (κ2) is 35.8. The summed E-state index contributed by atoms with van der Waals surface area (Å²) in [6.07, 6.45) is 38.0. The van der Waals surface area contributed by atoms with Crippen LogP contribution in [0.25, 0.3) is 0 Å². The summed E-state index contributed by atoms with van der Waals surface area (Å²) in [6, 6.07) is 0. The molecule has 0 aromatic rings. The number of phosphoric ester groups is 1. The fraction of sp³-hybridized carbons (Fsp3) is 0.705. The molecule has 55 heavy (non-hydrogen) atoms. The third kappa shape index (κ3) is 39.4. The van der Waals surface area contributed by atoms with Gasteiger partial charge in [-0.05, 0) is 76.7 Å². The minimum atomic E-state index is -4.41. The Bertz CT molecular complexity index is 1190. The summed E-state index contributed by atoms with van der Waals surface area (Å²) >= 11 is 0. The molecule has 0 radical (unpaired) electrons. The molecule has 11 heteroatoms. The highest BCUT2D eigenvalue weighted by atomic mass is 31.2. The number of quaternary nitrogens is 1. The first kappa shape index (κ1) is 52.4. The molecule has 0 aliphatic carbocycles. The van der Waals surface area contributed by atoms with E-state index in [0.717, 1.165) is 64.2 Å². The summed E-state index contributed by atoms with van der Waals surface area (Å²) < 4.78 is 34.1. The van der Waals surface area contributed by atoms with Crippen LogP contribution in [0.3, 0.4) is 0 Å². The Labute approximate surface area is 334 Å². The maximum Gasteiger partial charge on any atom is 0.472 e. The van der Waals surface area contributed by atoms with Gasteiger partial charge in [0.2, 0.25) is 0 Å². The van der Waals surface area contributed by atoms with Crippen LogP contribution in [0.2, 0.25) is 0 Å². The number of rotatable bonds is 37. The van der Waals surface area contributed by atoms with Crippen LogP contribution in [0.1, 0.15) is 149 Å². The van der Waals surface area contributed by atoms with E-state index in [1.54, 1.807) is 6.08 Å². The lowest BCUT2D eigenvalue weighted by Crippen LogP contribution is -2.37. The molecule has 1 unspecified atom stereocenters. The van der Waals surface area contributed by atoms with Crippen LogP contribution >= 0.6 is 7.82 Å². The molecule has 0 bridgehead atoms. The Balaban J connectivity index is 4.56. The van der Waals surface area contributed by atoms with E-state index in [0.29, 0.717) is 30.3 Å². The average molecular weight is 795 g/mol. The van der Waals surface area contributed by atoms with E-state index in [-0.39, 0.29) is 31.8 Å². The van der Waals surface area contributed by atoms with Gasteiger partial charge in [0.25, 0.3) is 0 Å². The molecule has 0 aliphatic heterocycles. The fourth-order valence-electron chi connectivity index (χ4n) is 5.12. The van der Waals surface area contributed by atoms with Gasteiger partial charge in [0.15, 0.2) is 11.9 Å². The second-order valence-electron chi connectivity index (χ2n) is 15.1. The molecule has 10 nitrogen and oxygen atoms in total. The molecule has 0 aromatic carbocycles. The SMILES string of the molecule is CCCCC/C=C\C=C\C(=O)CCCCCCCC(=O)O[C@H](COC(=O)CCCC/C=C\C/C=C\C/C=C\CCCCC)COP(=O)(O)OCC[N+](C)(C)C. The van der Waals surface area contributed by atoms with Gasteiger partial charge in [0, 0.05) is 19.3 Å². The van der Waals surface area contributed by atoms with Crippen molar-refractivity contribution in [2.75, 3.05) is 47.5 Å². The Morgan fingerprint density at radius 1 is 0.618 bits per heavy atom. The zero-order valence-corrected chi connectivity index (χ0v) is 36.0. The number of ketones is 1. The van der Waals surface area contributed by atoms with Gasteiger partial charge in [0.1, 0.15) is 19.8 Å². The molecule has 0 fully saturated rings. The number of nitrogens with zero attached hydrogens (tertiary/aromatic N) is 1. The maximum absolute atomic E-state index is 12.7. The smallest absolute Gasteiger partial charge is 0.462 e. The van der Waals surface area contributed by atoms with E-state index < -0.39 is 32.5 Å². The van der Waals surface area contributed by atoms with Crippen LogP contribution in [0.15, 0.2) is 60.8 Å². The van der Waals surface area contributed by atoms with Crippen LogP contribution in [-0.2, 0) is 37.5 Å². The molecule has 0 aromatic heterocycles. The zero-order valence-electron chi connectivity index (χ0n) is 35.1. The Morgan fingerprint density at radius 2 is 1.15 bits per heavy atom. The zero-order chi connectivity index (χ0) is 40.9. The Kier molecular flexibility index (Phi) is 34.1. The van der Waals surface area contributed by atoms with Crippen molar-refractivity contribution in [1.29, 1.82) is 0 Å². The summed E-state index contributed by atoms with van der Waals surface area (Å²) in [5.74, 6) is -0.827. The number of hydrogen-bond acceptors (Lipinski definition) is 8. The molecular weight excluding hydrogens is 717 g/mol. The highest BCUT2D eigenvalue weighted by Crippen LogP contribution is 2.43. The first-order valence-electron chi connectivity index (χ1n) is 21.0. The topological polar surface area (TPSA) is 125 Å². The average Bonchev–Trinajstić information content (AvgIpc) is 3.12. The molecule has 0 rings (SSSR count). The van der Waals surface area contributed by atoms with Crippen LogP contribution in [0, 0.1) is 0 Å². The summed E-state index contributed by atoms with van der Waals surface area (Å²) in [5.41, 5.74) is 0. The molecule has 0 saturated heterocycles. The number of carbonyl (C=O) groups excluding carboxylic acids is 3. The van der Waals surface area contributed by atoms with Gasteiger partial charge in [-0.1, -0.05) is 113 Å². The third-order valence-electron chi connectivity index (χ3n) is 8.50. The third-order valence-corrected chi connectivity index (χ3v) is 9.48. The minimum Gasteiger partial charge on any atom is -0.462 e. The second-order valence-corrected chi connectivity index (χ2v) is 16.5. The van der Waals surface area contributed by atoms with Crippen molar-refractivity contribution in [3.8, 4) is 0 Å². The van der Waals surface area contributed by atoms with Crippen molar-refractivity contribution in [2.24, 2.45) is 0 Å². The number of likely N-dealkylation sites (N-methyl/N-ethyl adjacent to an activating group) is 1. The molecule has 0 spiro atoms. The maximum atomic E-state index is 12.7. The highest BCUT2D eigenvalue weighted by molar-refractivity contribution is 7.47. The van der Waals surface area contributed by atoms with Gasteiger partial charge in [-0.3, -0.25) is 23.4 Å². The van der Waals surface area contributed by atoms with Gasteiger partial charge in [-0.15, -0.1) is 0 Å². The van der Waals surface area contributed by atoms with Gasteiger partial charge in [0.05, 0.1) is 27.7 Å². The lowest BCUT2D eigenvalue weighted by atomic mass is 10.1. The van der Waals surface area contributed by atoms with Crippen LogP contribution in [0.4, 0.5) is 0 Å². The number of hydrogen-bond donors (Lipinski definition) is 1. The Hall–Kier alpha value is -2.62. The molecule has 316 valence electrons. The number of phosphoric acid groups is 1. The van der Waals surface area contributed by atoms with Crippen LogP contribution in [-0.4, -0.2) is 80.7 Å². The lowest BCUT2D eigenvalue weighted by molar-refractivity contribution is -0.870. The van der Waals surface area contributed by atoms with E-state index in [1.807, 2.05) is 33.3 Å². The minimum absolute atomic E-state index is 0.000850. The standard InChI is InChI=1S/C44H76NO9P/c1-6-8-10-12-14-15-16-17-18-19-20-21-23-27-31-35-43(47)51-39-42(40-53-55(49,50)52-38-37-45(3,4)5)54-44(48)36-32-28-24-26-30-34-41(46)33-29-25-22-13-11-9-7-2/h14-15,17-18,20-22,25,29,33,42H,6-13,16,19,23-24,26-28,30-32,34-40H2,1-5H3/p+1/b15-14-,18-17-,21-20-,25-22-,33-29+/t42-/m1/s1. The largest absolute Gasteiger partial charge is 0.472 e. The summed E-state index contributed by atoms with van der Waals surface area (Å²) in [4.78, 5) is 47.3. The molecule has 0 aliphatic rings. The van der Waals surface area contributed by atoms with Crippen molar-refractivity contribution in [1.82, 2.24) is 0 Å². The van der Waals surface area contributed by atoms with Crippen molar-refractivity contribution >= 4 is 25.5 Å². The number of ether oxygens (including phenoxy) is 2. The predicted octanol–water partition coefficient (Wildman–Crippen LogP) is 10.9. The fourth-order valence-corrected chi connectivity index (χ4v) is 5.86. The molecule has 0 amide bonds. The first-order valence-corrected chi connectivity index (χ1v) is 22.5. The van der Waals surface area contributed by atoms with E-state index >= 15 is 0 Å². The van der Waals surface area contributed by atoms with Gasteiger partial charge < -0.3 is 18.9 Å². The van der Waals surface area contributed by atoms with Crippen molar-refractivity contribution < 1.29 is 46.8 Å². The first-order chi connectivity index (χ1) is 26.4. The highest BCUT2D eigenvalue weighted by Gasteiger charge is 2.27. The Morgan fingerprint density at radius 3 is 1.76 bits per heavy atom. The quantitative estimate of drug-likeness (QED) is 0.0124. The molecule has 0 heterocycles. The van der Waals surface area contributed by atoms with Crippen molar-refractivity contribution in [3.63, 3.8) is 0 Å². The van der Waals surface area contributed by atoms with Crippen LogP contribution < -0.4 is 0 Å².